The molecule has 5 nitrogen and oxygen atoms in total. The van der Waals surface area contributed by atoms with E-state index in [4.69, 9.17) is 4.52 Å². The largest absolute Gasteiger partial charge is 0.360 e. The molecule has 0 spiro atoms. The highest BCUT2D eigenvalue weighted by Crippen LogP contribution is 2.42. The van der Waals surface area contributed by atoms with Gasteiger partial charge in [0.1, 0.15) is 10.7 Å². The number of rotatable bonds is 6. The molecule has 0 aliphatic heterocycles. The molecule has 0 N–H and O–H groups in total. The quantitative estimate of drug-likeness (QED) is 0.587. The van der Waals surface area contributed by atoms with E-state index < -0.39 is 15.7 Å². The van der Waals surface area contributed by atoms with Gasteiger partial charge in [0.25, 0.3) is 0 Å². The second kappa shape index (κ2) is 6.98. The van der Waals surface area contributed by atoms with Crippen LogP contribution in [0.15, 0.2) is 58.1 Å². The molecule has 0 atom stereocenters. The van der Waals surface area contributed by atoms with Gasteiger partial charge in [0.05, 0.1) is 11.8 Å². The third-order valence-electron chi connectivity index (χ3n) is 4.85. The molecule has 0 radical (unpaired) electrons. The average Bonchev–Trinajstić information content (AvgIpc) is 3.37. The minimum Gasteiger partial charge on any atom is -0.360 e. The molecule has 1 heterocycles. The Bertz CT molecular complexity index is 1160. The van der Waals surface area contributed by atoms with Gasteiger partial charge in [-0.2, -0.15) is 0 Å². The minimum atomic E-state index is -3.76. The van der Waals surface area contributed by atoms with Gasteiger partial charge in [-0.25, -0.2) is 12.8 Å². The molecule has 144 valence electrons. The fraction of sp³-hybridized carbons (Fsp3) is 0.238. The topological polar surface area (TPSA) is 77.2 Å². The van der Waals surface area contributed by atoms with Crippen LogP contribution in [0.2, 0.25) is 0 Å². The van der Waals surface area contributed by atoms with Crippen LogP contribution in [0.5, 0.6) is 0 Å². The average molecular weight is 399 g/mol. The molecule has 28 heavy (non-hydrogen) atoms. The number of carbonyl (C=O) groups excluding carboxylic acids is 1. The Morgan fingerprint density at radius 3 is 2.54 bits per heavy atom. The summed E-state index contributed by atoms with van der Waals surface area (Å²) in [5.41, 5.74) is 1.79. The zero-order valence-electron chi connectivity index (χ0n) is 15.2. The predicted octanol–water partition coefficient (Wildman–Crippen LogP) is 3.92. The summed E-state index contributed by atoms with van der Waals surface area (Å²) in [7, 11) is -3.76. The highest BCUT2D eigenvalue weighted by atomic mass is 32.2. The van der Waals surface area contributed by atoms with Crippen molar-refractivity contribution in [1.82, 2.24) is 5.16 Å². The third kappa shape index (κ3) is 3.49. The third-order valence-corrected chi connectivity index (χ3v) is 6.05. The molecular weight excluding hydrogens is 381 g/mol. The number of nitrogens with zero attached hydrogens (tertiary/aromatic N) is 1. The minimum absolute atomic E-state index is 0.117. The maximum absolute atomic E-state index is 14.2. The summed E-state index contributed by atoms with van der Waals surface area (Å²) in [5.74, 6) is -0.189. The number of hydrogen-bond donors (Lipinski definition) is 0. The monoisotopic (exact) mass is 399 g/mol. The van der Waals surface area contributed by atoms with Crippen molar-refractivity contribution in [3.63, 3.8) is 0 Å². The van der Waals surface area contributed by atoms with Crippen molar-refractivity contribution in [2.75, 3.05) is 6.26 Å². The highest BCUT2D eigenvalue weighted by Gasteiger charge is 2.33. The summed E-state index contributed by atoms with van der Waals surface area (Å²) in [4.78, 5) is 12.8. The lowest BCUT2D eigenvalue weighted by molar-refractivity contribution is 0.103. The Balaban J connectivity index is 1.75. The van der Waals surface area contributed by atoms with Gasteiger partial charge in [-0.15, -0.1) is 0 Å². The fourth-order valence-electron chi connectivity index (χ4n) is 3.41. The molecule has 0 amide bonds. The van der Waals surface area contributed by atoms with Crippen molar-refractivity contribution in [2.45, 2.75) is 30.1 Å². The molecule has 1 saturated carbocycles. The summed E-state index contributed by atoms with van der Waals surface area (Å²) in [5, 5.41) is 3.78. The van der Waals surface area contributed by atoms with Crippen LogP contribution in [0.4, 0.5) is 4.39 Å². The Hall–Kier alpha value is -2.80. The van der Waals surface area contributed by atoms with Crippen molar-refractivity contribution < 1.29 is 22.1 Å². The maximum atomic E-state index is 14.2. The van der Waals surface area contributed by atoms with Crippen LogP contribution in [0, 0.1) is 5.82 Å². The van der Waals surface area contributed by atoms with E-state index in [-0.39, 0.29) is 23.0 Å². The molecule has 1 aliphatic carbocycles. The predicted molar refractivity (Wildman–Crippen MR) is 101 cm³/mol. The van der Waals surface area contributed by atoms with Crippen LogP contribution in [-0.4, -0.2) is 25.6 Å². The molecule has 0 saturated heterocycles. The van der Waals surface area contributed by atoms with Gasteiger partial charge in [0.2, 0.25) is 0 Å². The summed E-state index contributed by atoms with van der Waals surface area (Å²) >= 11 is 0. The Kier molecular flexibility index (Phi) is 4.63. The lowest BCUT2D eigenvalue weighted by Gasteiger charge is -2.12. The van der Waals surface area contributed by atoms with Crippen molar-refractivity contribution in [3.8, 4) is 0 Å². The van der Waals surface area contributed by atoms with Gasteiger partial charge in [-0.3, -0.25) is 4.79 Å². The van der Waals surface area contributed by atoms with Gasteiger partial charge in [0.15, 0.2) is 21.4 Å². The second-order valence-corrected chi connectivity index (χ2v) is 8.99. The van der Waals surface area contributed by atoms with E-state index in [9.17, 15) is 17.6 Å². The molecule has 1 aliphatic rings. The molecule has 7 heteroatoms. The molecule has 0 unspecified atom stereocenters. The molecule has 0 bridgehead atoms. The fourth-order valence-corrected chi connectivity index (χ4v) is 4.45. The first-order valence-electron chi connectivity index (χ1n) is 8.91. The summed E-state index contributed by atoms with van der Waals surface area (Å²) in [6.45, 7) is 0. The maximum Gasteiger partial charge on any atom is 0.198 e. The number of halogens is 1. The molecular formula is C21H18FNO4S. The summed E-state index contributed by atoms with van der Waals surface area (Å²) < 4.78 is 43.6. The van der Waals surface area contributed by atoms with Crippen molar-refractivity contribution in [3.05, 3.63) is 82.5 Å². The number of hydrogen-bond acceptors (Lipinski definition) is 5. The number of ketones is 1. The number of aromatic nitrogens is 1. The van der Waals surface area contributed by atoms with Crippen LogP contribution >= 0.6 is 0 Å². The number of carbonyl (C=O) groups is 1. The number of sulfone groups is 1. The lowest BCUT2D eigenvalue weighted by atomic mass is 9.94. The van der Waals surface area contributed by atoms with Crippen LogP contribution in [0.1, 0.15) is 51.6 Å². The zero-order valence-corrected chi connectivity index (χ0v) is 16.0. The van der Waals surface area contributed by atoms with Gasteiger partial charge in [0, 0.05) is 17.7 Å². The van der Waals surface area contributed by atoms with Crippen LogP contribution < -0.4 is 0 Å². The standard InChI is InChI=1S/C21H18FNO4S/c1-28(25,26)21-15(6-4-8-18(21)22)11-14-5-2-3-7-16(14)19(24)17-12-23-27-20(17)13-9-10-13/h2-8,12-13H,9-11H2,1H3. The summed E-state index contributed by atoms with van der Waals surface area (Å²) in [6.07, 6.45) is 4.46. The first-order chi connectivity index (χ1) is 13.4. The van der Waals surface area contributed by atoms with Crippen LogP contribution in [0.3, 0.4) is 0 Å². The van der Waals surface area contributed by atoms with Gasteiger partial charge >= 0.3 is 0 Å². The lowest BCUT2D eigenvalue weighted by Crippen LogP contribution is -2.10. The van der Waals surface area contributed by atoms with E-state index in [1.807, 2.05) is 0 Å². The zero-order chi connectivity index (χ0) is 19.9. The van der Waals surface area contributed by atoms with E-state index in [2.05, 4.69) is 5.16 Å². The molecule has 2 aromatic carbocycles. The van der Waals surface area contributed by atoms with Gasteiger partial charge < -0.3 is 4.52 Å². The molecule has 1 aromatic heterocycles. The molecule has 3 aromatic rings. The highest BCUT2D eigenvalue weighted by molar-refractivity contribution is 7.90. The Labute approximate surface area is 162 Å². The second-order valence-electron chi connectivity index (χ2n) is 7.04. The van der Waals surface area contributed by atoms with Crippen molar-refractivity contribution in [1.29, 1.82) is 0 Å². The van der Waals surface area contributed by atoms with Gasteiger partial charge in [-0.1, -0.05) is 41.6 Å². The molecule has 1 fully saturated rings. The van der Waals surface area contributed by atoms with Crippen molar-refractivity contribution >= 4 is 15.6 Å². The van der Waals surface area contributed by atoms with Crippen molar-refractivity contribution in [2.24, 2.45) is 0 Å². The van der Waals surface area contributed by atoms with Crippen LogP contribution in [-0.2, 0) is 16.3 Å². The Morgan fingerprint density at radius 1 is 1.11 bits per heavy atom. The van der Waals surface area contributed by atoms with E-state index >= 15 is 0 Å². The summed E-state index contributed by atoms with van der Waals surface area (Å²) in [6, 6.07) is 11.1. The molecule has 4 rings (SSSR count). The SMILES string of the molecule is CS(=O)(=O)c1c(F)cccc1Cc1ccccc1C(=O)c1cnoc1C1CC1. The normalized spacial score (nSPS) is 14.2. The van der Waals surface area contributed by atoms with Gasteiger partial charge in [-0.05, 0) is 36.5 Å². The van der Waals surface area contributed by atoms with E-state index in [1.54, 1.807) is 30.3 Å². The first-order valence-corrected chi connectivity index (χ1v) is 10.8. The van der Waals surface area contributed by atoms with E-state index in [0.717, 1.165) is 25.2 Å². The first kappa shape index (κ1) is 18.6. The smallest absolute Gasteiger partial charge is 0.198 e. The Morgan fingerprint density at radius 2 is 1.82 bits per heavy atom. The van der Waals surface area contributed by atoms with E-state index in [1.165, 1.54) is 12.3 Å². The van der Waals surface area contributed by atoms with Crippen LogP contribution in [0.25, 0.3) is 0 Å². The van der Waals surface area contributed by atoms with E-state index in [0.29, 0.717) is 28.0 Å². The number of benzene rings is 2.